The molecule has 0 bridgehead atoms. The number of hydrogen-bond donors (Lipinski definition) is 1. The molecule has 0 saturated carbocycles. The van der Waals surface area contributed by atoms with Gasteiger partial charge in [-0.15, -0.1) is 0 Å². The fourth-order valence-electron chi connectivity index (χ4n) is 4.40. The van der Waals surface area contributed by atoms with Gasteiger partial charge in [0.1, 0.15) is 0 Å². The lowest BCUT2D eigenvalue weighted by molar-refractivity contribution is -0.124. The summed E-state index contributed by atoms with van der Waals surface area (Å²) in [5.41, 5.74) is 5.74. The minimum atomic E-state index is -0.187. The Bertz CT molecular complexity index is 1140. The number of amides is 1. The van der Waals surface area contributed by atoms with Crippen LogP contribution in [-0.2, 0) is 11.2 Å². The molecule has 1 N–H and O–H groups in total. The molecule has 4 aromatic carbocycles. The van der Waals surface area contributed by atoms with Crippen molar-refractivity contribution in [3.05, 3.63) is 132 Å². The Labute approximate surface area is 197 Å². The van der Waals surface area contributed by atoms with Crippen LogP contribution in [0.25, 0.3) is 11.1 Å². The molecule has 166 valence electrons. The molecule has 0 unspecified atom stereocenters. The van der Waals surface area contributed by atoms with Gasteiger partial charge in [-0.2, -0.15) is 0 Å². The number of benzene rings is 4. The highest BCUT2D eigenvalue weighted by molar-refractivity contribution is 5.84. The van der Waals surface area contributed by atoms with E-state index in [0.717, 1.165) is 17.5 Å². The summed E-state index contributed by atoms with van der Waals surface area (Å²) < 4.78 is 0. The van der Waals surface area contributed by atoms with Crippen LogP contribution in [0.2, 0.25) is 0 Å². The van der Waals surface area contributed by atoms with Gasteiger partial charge in [0.25, 0.3) is 0 Å². The van der Waals surface area contributed by atoms with E-state index < -0.39 is 0 Å². The molecule has 0 aliphatic heterocycles. The zero-order chi connectivity index (χ0) is 23.0. The van der Waals surface area contributed by atoms with Crippen LogP contribution >= 0.6 is 0 Å². The molecule has 4 aromatic rings. The number of nitrogens with one attached hydrogen (secondary N) is 1. The zero-order valence-electron chi connectivity index (χ0n) is 19.3. The van der Waals surface area contributed by atoms with Crippen molar-refractivity contribution >= 4 is 5.91 Å². The Hall–Kier alpha value is -3.65. The van der Waals surface area contributed by atoms with Gasteiger partial charge in [0.15, 0.2) is 0 Å². The minimum Gasteiger partial charge on any atom is -0.348 e. The van der Waals surface area contributed by atoms with Crippen molar-refractivity contribution in [3.8, 4) is 11.1 Å². The molecule has 0 radical (unpaired) electrons. The average molecular weight is 434 g/mol. The summed E-state index contributed by atoms with van der Waals surface area (Å²) in [5.74, 6) is 0.0857. The van der Waals surface area contributed by atoms with Crippen molar-refractivity contribution in [2.45, 2.75) is 32.2 Å². The van der Waals surface area contributed by atoms with Crippen molar-refractivity contribution < 1.29 is 4.79 Å². The van der Waals surface area contributed by atoms with Gasteiger partial charge in [-0.3, -0.25) is 4.79 Å². The van der Waals surface area contributed by atoms with E-state index in [1.165, 1.54) is 16.7 Å². The summed E-state index contributed by atoms with van der Waals surface area (Å²) in [7, 11) is 0. The number of rotatable bonds is 8. The molecular weight excluding hydrogens is 402 g/mol. The van der Waals surface area contributed by atoms with E-state index in [4.69, 9.17) is 0 Å². The average Bonchev–Trinajstić information content (AvgIpc) is 2.85. The SMILES string of the molecule is CC(C)[C@H](C(=O)N[C@@H](Cc1ccccc1)c1ccc(-c2ccccc2)cc1)c1ccccc1. The van der Waals surface area contributed by atoms with Gasteiger partial charge in [0.2, 0.25) is 5.91 Å². The smallest absolute Gasteiger partial charge is 0.228 e. The van der Waals surface area contributed by atoms with Gasteiger partial charge in [-0.05, 0) is 40.2 Å². The number of carbonyl (C=O) groups is 1. The van der Waals surface area contributed by atoms with Crippen molar-refractivity contribution in [2.75, 3.05) is 0 Å². The minimum absolute atomic E-state index is 0.0734. The predicted molar refractivity (Wildman–Crippen MR) is 137 cm³/mol. The molecule has 0 aliphatic rings. The van der Waals surface area contributed by atoms with E-state index in [-0.39, 0.29) is 23.8 Å². The molecule has 4 rings (SSSR count). The standard InChI is InChI=1S/C31H31NO/c1-23(2)30(28-16-10-5-11-17-28)31(33)32-29(22-24-12-6-3-7-13-24)27-20-18-26(19-21-27)25-14-8-4-9-15-25/h3-21,23,29-30H,22H2,1-2H3,(H,32,33)/t29-,30-/m0/s1. The van der Waals surface area contributed by atoms with Crippen molar-refractivity contribution in [2.24, 2.45) is 5.92 Å². The molecule has 0 saturated heterocycles. The topological polar surface area (TPSA) is 29.1 Å². The van der Waals surface area contributed by atoms with Crippen LogP contribution < -0.4 is 5.32 Å². The fourth-order valence-corrected chi connectivity index (χ4v) is 4.40. The van der Waals surface area contributed by atoms with E-state index in [0.29, 0.717) is 0 Å². The van der Waals surface area contributed by atoms with Gasteiger partial charge in [0.05, 0.1) is 12.0 Å². The normalized spacial score (nSPS) is 12.8. The Kier molecular flexibility index (Phi) is 7.36. The Balaban J connectivity index is 1.61. The highest BCUT2D eigenvalue weighted by Crippen LogP contribution is 2.28. The van der Waals surface area contributed by atoms with Crippen molar-refractivity contribution in [3.63, 3.8) is 0 Å². The van der Waals surface area contributed by atoms with Crippen LogP contribution in [0.5, 0.6) is 0 Å². The van der Waals surface area contributed by atoms with Gasteiger partial charge in [0, 0.05) is 0 Å². The van der Waals surface area contributed by atoms with Crippen LogP contribution in [0.1, 0.15) is 42.5 Å². The van der Waals surface area contributed by atoms with Crippen molar-refractivity contribution in [1.29, 1.82) is 0 Å². The second-order valence-electron chi connectivity index (χ2n) is 8.87. The van der Waals surface area contributed by atoms with Gasteiger partial charge < -0.3 is 5.32 Å². The highest BCUT2D eigenvalue weighted by Gasteiger charge is 2.26. The van der Waals surface area contributed by atoms with Crippen LogP contribution in [0.3, 0.4) is 0 Å². The Morgan fingerprint density at radius 3 is 1.73 bits per heavy atom. The molecule has 2 nitrogen and oxygen atoms in total. The molecule has 0 aromatic heterocycles. The van der Waals surface area contributed by atoms with Crippen LogP contribution in [0.15, 0.2) is 115 Å². The van der Waals surface area contributed by atoms with E-state index in [2.05, 4.69) is 79.8 Å². The molecule has 2 heteroatoms. The third-order valence-electron chi connectivity index (χ3n) is 6.13. The zero-order valence-corrected chi connectivity index (χ0v) is 19.3. The van der Waals surface area contributed by atoms with Gasteiger partial charge in [-0.1, -0.05) is 129 Å². The maximum atomic E-state index is 13.5. The van der Waals surface area contributed by atoms with E-state index in [1.807, 2.05) is 54.6 Å². The summed E-state index contributed by atoms with van der Waals surface area (Å²) in [6.45, 7) is 4.22. The number of carbonyl (C=O) groups excluding carboxylic acids is 1. The summed E-state index contributed by atoms with van der Waals surface area (Å²) in [6, 6.07) is 39.3. The van der Waals surface area contributed by atoms with Crippen LogP contribution in [-0.4, -0.2) is 5.91 Å². The lowest BCUT2D eigenvalue weighted by Crippen LogP contribution is -2.36. The highest BCUT2D eigenvalue weighted by atomic mass is 16.2. The largest absolute Gasteiger partial charge is 0.348 e. The third kappa shape index (κ3) is 5.78. The molecule has 0 heterocycles. The van der Waals surface area contributed by atoms with Crippen LogP contribution in [0, 0.1) is 5.92 Å². The lowest BCUT2D eigenvalue weighted by atomic mass is 9.87. The first-order chi connectivity index (χ1) is 16.1. The summed E-state index contributed by atoms with van der Waals surface area (Å²) in [4.78, 5) is 13.5. The third-order valence-corrected chi connectivity index (χ3v) is 6.13. The molecule has 0 aliphatic carbocycles. The quantitative estimate of drug-likeness (QED) is 0.313. The maximum Gasteiger partial charge on any atom is 0.228 e. The molecule has 1 amide bonds. The Morgan fingerprint density at radius 2 is 1.15 bits per heavy atom. The first-order valence-corrected chi connectivity index (χ1v) is 11.7. The molecule has 2 atom stereocenters. The molecule has 33 heavy (non-hydrogen) atoms. The van der Waals surface area contributed by atoms with Gasteiger partial charge in [-0.25, -0.2) is 0 Å². The first-order valence-electron chi connectivity index (χ1n) is 11.7. The van der Waals surface area contributed by atoms with E-state index in [1.54, 1.807) is 0 Å². The molecular formula is C31H31NO. The maximum absolute atomic E-state index is 13.5. The summed E-state index contributed by atoms with van der Waals surface area (Å²) in [5, 5.41) is 3.38. The van der Waals surface area contributed by atoms with E-state index >= 15 is 0 Å². The number of hydrogen-bond acceptors (Lipinski definition) is 1. The second kappa shape index (κ2) is 10.8. The van der Waals surface area contributed by atoms with Crippen LogP contribution in [0.4, 0.5) is 0 Å². The lowest BCUT2D eigenvalue weighted by Gasteiger charge is -2.26. The first kappa shape index (κ1) is 22.5. The Morgan fingerprint density at radius 1 is 0.636 bits per heavy atom. The van der Waals surface area contributed by atoms with Gasteiger partial charge >= 0.3 is 0 Å². The second-order valence-corrected chi connectivity index (χ2v) is 8.87. The van der Waals surface area contributed by atoms with Crippen molar-refractivity contribution in [1.82, 2.24) is 5.32 Å². The summed E-state index contributed by atoms with van der Waals surface area (Å²) >= 11 is 0. The molecule has 0 fully saturated rings. The predicted octanol–water partition coefficient (Wildman–Crippen LogP) is 7.19. The summed E-state index contributed by atoms with van der Waals surface area (Å²) in [6.07, 6.45) is 0.747. The fraction of sp³-hybridized carbons (Fsp3) is 0.194. The monoisotopic (exact) mass is 433 g/mol. The van der Waals surface area contributed by atoms with E-state index in [9.17, 15) is 4.79 Å². The molecule has 0 spiro atoms.